The molecule has 1 atom stereocenters. The summed E-state index contributed by atoms with van der Waals surface area (Å²) < 4.78 is 4.95. The third-order valence-electron chi connectivity index (χ3n) is 3.89. The van der Waals surface area contributed by atoms with Crippen LogP contribution in [0.2, 0.25) is 0 Å². The summed E-state index contributed by atoms with van der Waals surface area (Å²) in [7, 11) is 0. The van der Waals surface area contributed by atoms with E-state index in [1.54, 1.807) is 32.1 Å². The van der Waals surface area contributed by atoms with Crippen molar-refractivity contribution in [3.8, 4) is 0 Å². The molecule has 0 aliphatic heterocycles. The fraction of sp³-hybridized carbons (Fsp3) is 0.136. The Bertz CT molecular complexity index is 1010. The summed E-state index contributed by atoms with van der Waals surface area (Å²) in [5, 5.41) is 8.96. The number of rotatable bonds is 7. The minimum Gasteiger partial charge on any atom is -0.360 e. The highest BCUT2D eigenvalue weighted by atomic mass is 32.2. The number of thioether (sulfide) groups is 1. The summed E-state index contributed by atoms with van der Waals surface area (Å²) in [6, 6.07) is 18.6. The van der Waals surface area contributed by atoms with Gasteiger partial charge in [-0.3, -0.25) is 9.59 Å². The highest BCUT2D eigenvalue weighted by Crippen LogP contribution is 2.26. The zero-order valence-electron chi connectivity index (χ0n) is 16.1. The van der Waals surface area contributed by atoms with Gasteiger partial charge in [-0.15, -0.1) is 11.8 Å². The summed E-state index contributed by atoms with van der Waals surface area (Å²) in [5.74, 6) is 0.628. The number of nitrogens with one attached hydrogen (secondary N) is 2. The lowest BCUT2D eigenvalue weighted by Crippen LogP contribution is -2.22. The van der Waals surface area contributed by atoms with E-state index in [-0.39, 0.29) is 17.1 Å². The van der Waals surface area contributed by atoms with Crippen LogP contribution in [0.4, 0.5) is 11.5 Å². The Kier molecular flexibility index (Phi) is 6.86. The number of aryl methyl sites for hydroxylation is 1. The molecule has 6 nitrogen and oxygen atoms in total. The summed E-state index contributed by atoms with van der Waals surface area (Å²) >= 11 is 1.39. The minimum absolute atomic E-state index is 0.177. The molecule has 0 saturated heterocycles. The van der Waals surface area contributed by atoms with Crippen LogP contribution in [0.1, 0.15) is 18.2 Å². The van der Waals surface area contributed by atoms with Crippen LogP contribution in [0, 0.1) is 6.92 Å². The molecule has 3 aromatic rings. The molecule has 0 bridgehead atoms. The highest BCUT2D eigenvalue weighted by molar-refractivity contribution is 8.00. The largest absolute Gasteiger partial charge is 0.360 e. The summed E-state index contributed by atoms with van der Waals surface area (Å²) in [6.45, 7) is 3.57. The standard InChI is InChI=1S/C22H21N3O3S/c1-15-13-20(25-28-15)24-22(27)16(2)29-19-10-6-9-18(14-19)23-21(26)12-11-17-7-4-3-5-8-17/h3-14,16H,1-2H3,(H,23,26)(H,24,25,27)/b12-11+. The smallest absolute Gasteiger partial charge is 0.248 e. The van der Waals surface area contributed by atoms with Gasteiger partial charge >= 0.3 is 0 Å². The topological polar surface area (TPSA) is 84.2 Å². The molecule has 0 saturated carbocycles. The van der Waals surface area contributed by atoms with Crippen LogP contribution in [0.25, 0.3) is 6.08 Å². The molecule has 0 radical (unpaired) electrons. The number of anilines is 2. The predicted octanol–water partition coefficient (Wildman–Crippen LogP) is 4.75. The molecule has 2 amide bonds. The number of nitrogens with zero attached hydrogens (tertiary/aromatic N) is 1. The van der Waals surface area contributed by atoms with Crippen LogP contribution in [0.3, 0.4) is 0 Å². The van der Waals surface area contributed by atoms with E-state index in [9.17, 15) is 9.59 Å². The van der Waals surface area contributed by atoms with Crippen LogP contribution in [0.15, 0.2) is 76.2 Å². The van der Waals surface area contributed by atoms with Gasteiger partial charge < -0.3 is 15.2 Å². The van der Waals surface area contributed by atoms with E-state index in [1.165, 1.54) is 17.8 Å². The first-order chi connectivity index (χ1) is 14.0. The Morgan fingerprint density at radius 2 is 1.86 bits per heavy atom. The van der Waals surface area contributed by atoms with Gasteiger partial charge in [0.1, 0.15) is 5.76 Å². The second-order valence-electron chi connectivity index (χ2n) is 6.33. The first kappa shape index (κ1) is 20.4. The Hall–Kier alpha value is -3.32. The summed E-state index contributed by atoms with van der Waals surface area (Å²) in [5.41, 5.74) is 1.62. The summed E-state index contributed by atoms with van der Waals surface area (Å²) in [4.78, 5) is 25.3. The zero-order valence-corrected chi connectivity index (χ0v) is 16.9. The second-order valence-corrected chi connectivity index (χ2v) is 7.75. The average Bonchev–Trinajstić information content (AvgIpc) is 3.12. The number of hydrogen-bond donors (Lipinski definition) is 2. The molecule has 7 heteroatoms. The Morgan fingerprint density at radius 3 is 2.59 bits per heavy atom. The molecule has 0 spiro atoms. The maximum atomic E-state index is 12.3. The van der Waals surface area contributed by atoms with Crippen LogP contribution in [-0.2, 0) is 9.59 Å². The van der Waals surface area contributed by atoms with Crippen molar-refractivity contribution in [1.82, 2.24) is 5.16 Å². The molecule has 1 heterocycles. The summed E-state index contributed by atoms with van der Waals surface area (Å²) in [6.07, 6.45) is 3.25. The molecule has 1 unspecified atom stereocenters. The number of hydrogen-bond acceptors (Lipinski definition) is 5. The molecule has 2 N–H and O–H groups in total. The van der Waals surface area contributed by atoms with Crippen molar-refractivity contribution >= 4 is 41.2 Å². The molecule has 0 aliphatic rings. The molecular weight excluding hydrogens is 386 g/mol. The molecule has 1 aromatic heterocycles. The van der Waals surface area contributed by atoms with Gasteiger partial charge in [0, 0.05) is 22.7 Å². The van der Waals surface area contributed by atoms with Crippen LogP contribution >= 0.6 is 11.8 Å². The molecule has 2 aromatic carbocycles. The van der Waals surface area contributed by atoms with E-state index >= 15 is 0 Å². The van der Waals surface area contributed by atoms with Crippen LogP contribution in [0.5, 0.6) is 0 Å². The number of amides is 2. The first-order valence-electron chi connectivity index (χ1n) is 9.04. The Morgan fingerprint density at radius 1 is 1.07 bits per heavy atom. The maximum Gasteiger partial charge on any atom is 0.248 e. The Labute approximate surface area is 173 Å². The molecule has 148 valence electrons. The van der Waals surface area contributed by atoms with Crippen molar-refractivity contribution in [3.05, 3.63) is 78.1 Å². The Balaban J connectivity index is 1.56. The lowest BCUT2D eigenvalue weighted by molar-refractivity contribution is -0.115. The fourth-order valence-electron chi connectivity index (χ4n) is 2.48. The molecule has 29 heavy (non-hydrogen) atoms. The highest BCUT2D eigenvalue weighted by Gasteiger charge is 2.16. The van der Waals surface area contributed by atoms with E-state index in [4.69, 9.17) is 4.52 Å². The van der Waals surface area contributed by atoms with Crippen molar-refractivity contribution in [2.24, 2.45) is 0 Å². The van der Waals surface area contributed by atoms with Crippen LogP contribution in [-0.4, -0.2) is 22.2 Å². The van der Waals surface area contributed by atoms with Gasteiger partial charge in [-0.1, -0.05) is 41.6 Å². The first-order valence-corrected chi connectivity index (χ1v) is 9.92. The van der Waals surface area contributed by atoms with E-state index in [0.717, 1.165) is 10.5 Å². The molecule has 3 rings (SSSR count). The van der Waals surface area contributed by atoms with Crippen molar-refractivity contribution in [1.29, 1.82) is 0 Å². The fourth-order valence-corrected chi connectivity index (χ4v) is 3.40. The SMILES string of the molecule is Cc1cc(NC(=O)C(C)Sc2cccc(NC(=O)/C=C/c3ccccc3)c2)no1. The average molecular weight is 407 g/mol. The van der Waals surface area contributed by atoms with Crippen molar-refractivity contribution in [2.75, 3.05) is 10.6 Å². The van der Waals surface area contributed by atoms with E-state index < -0.39 is 0 Å². The number of benzene rings is 2. The maximum absolute atomic E-state index is 12.3. The van der Waals surface area contributed by atoms with Gasteiger partial charge in [-0.25, -0.2) is 0 Å². The van der Waals surface area contributed by atoms with E-state index in [1.807, 2.05) is 48.5 Å². The van der Waals surface area contributed by atoms with Gasteiger partial charge in [0.15, 0.2) is 5.82 Å². The van der Waals surface area contributed by atoms with Crippen LogP contribution < -0.4 is 10.6 Å². The third kappa shape index (κ3) is 6.36. The third-order valence-corrected chi connectivity index (χ3v) is 4.98. The van der Waals surface area contributed by atoms with Gasteiger partial charge in [-0.2, -0.15) is 0 Å². The molecular formula is C22H21N3O3S. The van der Waals surface area contributed by atoms with Crippen molar-refractivity contribution in [3.63, 3.8) is 0 Å². The monoisotopic (exact) mass is 407 g/mol. The van der Waals surface area contributed by atoms with Gasteiger partial charge in [0.05, 0.1) is 5.25 Å². The van der Waals surface area contributed by atoms with Crippen molar-refractivity contribution in [2.45, 2.75) is 24.0 Å². The van der Waals surface area contributed by atoms with Crippen molar-refractivity contribution < 1.29 is 14.1 Å². The number of aromatic nitrogens is 1. The van der Waals surface area contributed by atoms with E-state index in [0.29, 0.717) is 17.3 Å². The van der Waals surface area contributed by atoms with E-state index in [2.05, 4.69) is 15.8 Å². The van der Waals surface area contributed by atoms with Gasteiger partial charge in [-0.05, 0) is 43.7 Å². The molecule has 0 fully saturated rings. The van der Waals surface area contributed by atoms with Gasteiger partial charge in [0.2, 0.25) is 11.8 Å². The number of carbonyl (C=O) groups is 2. The molecule has 0 aliphatic carbocycles. The predicted molar refractivity (Wildman–Crippen MR) is 116 cm³/mol. The lowest BCUT2D eigenvalue weighted by Gasteiger charge is -2.11. The zero-order chi connectivity index (χ0) is 20.6. The lowest BCUT2D eigenvalue weighted by atomic mass is 10.2. The number of carbonyl (C=O) groups excluding carboxylic acids is 2. The normalized spacial score (nSPS) is 11.9. The minimum atomic E-state index is -0.351. The second kappa shape index (κ2) is 9.75. The quantitative estimate of drug-likeness (QED) is 0.436. The van der Waals surface area contributed by atoms with Gasteiger partial charge in [0.25, 0.3) is 0 Å².